The molecule has 2 aromatic carbocycles. The standard InChI is InChI=1S/C26H30N2O5S/c1-34-14-13-23(24(29)27-22-12-6-11-20(22)25(30)31)28-26(32)33-15-21-18-9-4-2-7-16(18)17-8-3-5-10-19(17)21/h2-5,7-10,20-23H,6,11-15H2,1H3,(H,27,29)(H,28,32)(H,30,31)/t20-,22+,23+/m1/s1. The van der Waals surface area contributed by atoms with Crippen LogP contribution in [-0.4, -0.2) is 53.8 Å². The van der Waals surface area contributed by atoms with E-state index in [4.69, 9.17) is 4.74 Å². The van der Waals surface area contributed by atoms with Gasteiger partial charge >= 0.3 is 12.1 Å². The molecule has 0 spiro atoms. The first-order valence-electron chi connectivity index (χ1n) is 11.6. The topological polar surface area (TPSA) is 105 Å². The van der Waals surface area contributed by atoms with Crippen molar-refractivity contribution in [1.29, 1.82) is 0 Å². The highest BCUT2D eigenvalue weighted by Crippen LogP contribution is 2.44. The first-order valence-corrected chi connectivity index (χ1v) is 13.0. The molecule has 3 atom stereocenters. The van der Waals surface area contributed by atoms with Crippen LogP contribution in [0.5, 0.6) is 0 Å². The number of carboxylic acids is 1. The van der Waals surface area contributed by atoms with Crippen LogP contribution in [0.3, 0.4) is 0 Å². The van der Waals surface area contributed by atoms with Gasteiger partial charge in [0.15, 0.2) is 0 Å². The summed E-state index contributed by atoms with van der Waals surface area (Å²) in [7, 11) is 0. The Balaban J connectivity index is 1.39. The van der Waals surface area contributed by atoms with Crippen LogP contribution in [0.2, 0.25) is 0 Å². The largest absolute Gasteiger partial charge is 0.481 e. The molecule has 2 aliphatic carbocycles. The van der Waals surface area contributed by atoms with E-state index in [1.807, 2.05) is 30.5 Å². The molecule has 180 valence electrons. The number of rotatable bonds is 9. The van der Waals surface area contributed by atoms with E-state index in [9.17, 15) is 19.5 Å². The summed E-state index contributed by atoms with van der Waals surface area (Å²) in [6.45, 7) is 0.167. The summed E-state index contributed by atoms with van der Waals surface area (Å²) in [5, 5.41) is 14.9. The molecule has 3 N–H and O–H groups in total. The molecule has 8 heteroatoms. The second kappa shape index (κ2) is 11.0. The number of benzene rings is 2. The molecule has 7 nitrogen and oxygen atoms in total. The second-order valence-corrected chi connectivity index (χ2v) is 9.78. The average Bonchev–Trinajstić information content (AvgIpc) is 3.43. The molecule has 0 radical (unpaired) electrons. The SMILES string of the molecule is CSCC[C@H](NC(=O)OCC1c2ccccc2-c2ccccc21)C(=O)N[C@H]1CCC[C@H]1C(=O)O. The molecule has 2 aliphatic rings. The molecule has 0 bridgehead atoms. The van der Waals surface area contributed by atoms with E-state index in [1.165, 1.54) is 0 Å². The molecule has 0 aliphatic heterocycles. The Kier molecular flexibility index (Phi) is 7.77. The smallest absolute Gasteiger partial charge is 0.407 e. The Bertz CT molecular complexity index is 1010. The van der Waals surface area contributed by atoms with Crippen LogP contribution in [0.1, 0.15) is 42.7 Å². The average molecular weight is 483 g/mol. The number of carbonyl (C=O) groups excluding carboxylic acids is 2. The molecule has 4 rings (SSSR count). The van der Waals surface area contributed by atoms with E-state index in [-0.39, 0.29) is 18.4 Å². The van der Waals surface area contributed by atoms with Gasteiger partial charge in [0, 0.05) is 12.0 Å². The van der Waals surface area contributed by atoms with Crippen molar-refractivity contribution in [3.05, 3.63) is 59.7 Å². The van der Waals surface area contributed by atoms with Gasteiger partial charge in [0.25, 0.3) is 0 Å². The number of carbonyl (C=O) groups is 3. The first-order chi connectivity index (χ1) is 16.5. The first kappa shape index (κ1) is 24.1. The molecule has 0 heterocycles. The summed E-state index contributed by atoms with van der Waals surface area (Å²) in [4.78, 5) is 37.1. The summed E-state index contributed by atoms with van der Waals surface area (Å²) < 4.78 is 5.60. The lowest BCUT2D eigenvalue weighted by atomic mass is 9.98. The maximum Gasteiger partial charge on any atom is 0.407 e. The lowest BCUT2D eigenvalue weighted by Gasteiger charge is -2.23. The fourth-order valence-corrected chi connectivity index (χ4v) is 5.47. The third-order valence-electron chi connectivity index (χ3n) is 6.72. The highest BCUT2D eigenvalue weighted by atomic mass is 32.2. The van der Waals surface area contributed by atoms with Gasteiger partial charge in [-0.25, -0.2) is 4.79 Å². The van der Waals surface area contributed by atoms with Gasteiger partial charge in [0.05, 0.1) is 5.92 Å². The Labute approximate surface area is 203 Å². The van der Waals surface area contributed by atoms with Crippen molar-refractivity contribution in [2.45, 2.75) is 43.7 Å². The zero-order valence-electron chi connectivity index (χ0n) is 19.2. The van der Waals surface area contributed by atoms with Gasteiger partial charge in [-0.15, -0.1) is 0 Å². The number of nitrogens with one attached hydrogen (secondary N) is 2. The van der Waals surface area contributed by atoms with Gasteiger partial charge in [0.2, 0.25) is 5.91 Å². The minimum absolute atomic E-state index is 0.0635. The number of aliphatic carboxylic acids is 1. The van der Waals surface area contributed by atoms with Crippen LogP contribution in [-0.2, 0) is 14.3 Å². The number of amides is 2. The Morgan fingerprint density at radius 1 is 1.06 bits per heavy atom. The lowest BCUT2D eigenvalue weighted by Crippen LogP contribution is -2.51. The molecule has 1 fully saturated rings. The van der Waals surface area contributed by atoms with Gasteiger partial charge in [0.1, 0.15) is 12.6 Å². The fourth-order valence-electron chi connectivity index (χ4n) is 5.00. The van der Waals surface area contributed by atoms with Crippen molar-refractivity contribution >= 4 is 29.7 Å². The Morgan fingerprint density at radius 2 is 1.71 bits per heavy atom. The number of thioether (sulfide) groups is 1. The number of hydrogen-bond donors (Lipinski definition) is 3. The third kappa shape index (κ3) is 5.22. The van der Waals surface area contributed by atoms with Gasteiger partial charge < -0.3 is 20.5 Å². The molecule has 0 unspecified atom stereocenters. The van der Waals surface area contributed by atoms with Crippen LogP contribution in [0, 0.1) is 5.92 Å². The minimum atomic E-state index is -0.895. The molecule has 2 amide bonds. The molecular formula is C26H30N2O5S. The van der Waals surface area contributed by atoms with Crippen LogP contribution in [0.4, 0.5) is 4.79 Å². The van der Waals surface area contributed by atoms with Gasteiger partial charge in [-0.05, 0) is 53.5 Å². The molecular weight excluding hydrogens is 452 g/mol. The van der Waals surface area contributed by atoms with Crippen LogP contribution >= 0.6 is 11.8 Å². The van der Waals surface area contributed by atoms with Crippen LogP contribution in [0.25, 0.3) is 11.1 Å². The van der Waals surface area contributed by atoms with E-state index in [1.54, 1.807) is 11.8 Å². The van der Waals surface area contributed by atoms with Crippen molar-refractivity contribution in [2.24, 2.45) is 5.92 Å². The van der Waals surface area contributed by atoms with Crippen molar-refractivity contribution in [3.63, 3.8) is 0 Å². The monoisotopic (exact) mass is 482 g/mol. The zero-order valence-corrected chi connectivity index (χ0v) is 20.0. The minimum Gasteiger partial charge on any atom is -0.481 e. The number of fused-ring (bicyclic) bond motifs is 3. The summed E-state index contributed by atoms with van der Waals surface area (Å²) in [5.41, 5.74) is 4.53. The second-order valence-electron chi connectivity index (χ2n) is 8.79. The maximum absolute atomic E-state index is 12.9. The number of hydrogen-bond acceptors (Lipinski definition) is 5. The third-order valence-corrected chi connectivity index (χ3v) is 7.37. The van der Waals surface area contributed by atoms with Gasteiger partial charge in [-0.2, -0.15) is 11.8 Å². The number of alkyl carbamates (subject to hydrolysis) is 1. The Hall–Kier alpha value is -3.00. The van der Waals surface area contributed by atoms with E-state index < -0.39 is 30.1 Å². The normalized spacial score (nSPS) is 19.7. The molecule has 34 heavy (non-hydrogen) atoms. The predicted octanol–water partition coefficient (Wildman–Crippen LogP) is 4.02. The number of carboxylic acid groups (broad SMARTS) is 1. The van der Waals surface area contributed by atoms with Crippen LogP contribution in [0.15, 0.2) is 48.5 Å². The lowest BCUT2D eigenvalue weighted by molar-refractivity contribution is -0.142. The van der Waals surface area contributed by atoms with Crippen LogP contribution < -0.4 is 10.6 Å². The van der Waals surface area contributed by atoms with Crippen molar-refractivity contribution in [2.75, 3.05) is 18.6 Å². The van der Waals surface area contributed by atoms with Crippen molar-refractivity contribution in [1.82, 2.24) is 10.6 Å². The van der Waals surface area contributed by atoms with E-state index in [0.29, 0.717) is 25.0 Å². The molecule has 1 saturated carbocycles. The summed E-state index contributed by atoms with van der Waals surface area (Å²) >= 11 is 1.57. The zero-order chi connectivity index (χ0) is 24.1. The fraction of sp³-hybridized carbons (Fsp3) is 0.423. The quantitative estimate of drug-likeness (QED) is 0.499. The summed E-state index contributed by atoms with van der Waals surface area (Å²) in [6, 6.07) is 15.0. The van der Waals surface area contributed by atoms with Gasteiger partial charge in [-0.3, -0.25) is 9.59 Å². The maximum atomic E-state index is 12.9. The van der Waals surface area contributed by atoms with Gasteiger partial charge in [-0.1, -0.05) is 55.0 Å². The van der Waals surface area contributed by atoms with Crippen molar-refractivity contribution < 1.29 is 24.2 Å². The predicted molar refractivity (Wildman–Crippen MR) is 132 cm³/mol. The highest BCUT2D eigenvalue weighted by molar-refractivity contribution is 7.98. The molecule has 0 aromatic heterocycles. The van der Waals surface area contributed by atoms with E-state index >= 15 is 0 Å². The van der Waals surface area contributed by atoms with Crippen molar-refractivity contribution in [3.8, 4) is 11.1 Å². The highest BCUT2D eigenvalue weighted by Gasteiger charge is 2.35. The molecule has 2 aromatic rings. The number of ether oxygens (including phenoxy) is 1. The van der Waals surface area contributed by atoms with E-state index in [2.05, 4.69) is 34.9 Å². The van der Waals surface area contributed by atoms with E-state index in [0.717, 1.165) is 28.7 Å². The summed E-state index contributed by atoms with van der Waals surface area (Å²) in [6.07, 6.45) is 3.65. The summed E-state index contributed by atoms with van der Waals surface area (Å²) in [5.74, 6) is -1.23. The Morgan fingerprint density at radius 3 is 2.32 bits per heavy atom. The molecule has 0 saturated heterocycles.